The van der Waals surface area contributed by atoms with Crippen molar-refractivity contribution in [3.8, 4) is 11.5 Å². The van der Waals surface area contributed by atoms with Crippen LogP contribution in [0.2, 0.25) is 0 Å². The van der Waals surface area contributed by atoms with Crippen molar-refractivity contribution in [3.05, 3.63) is 64.6 Å². The van der Waals surface area contributed by atoms with E-state index in [4.69, 9.17) is 26.4 Å². The number of thioether (sulfide) groups is 1. The fourth-order valence-electron chi connectivity index (χ4n) is 3.67. The normalized spacial score (nSPS) is 17.4. The van der Waals surface area contributed by atoms with Gasteiger partial charge in [0.15, 0.2) is 18.1 Å². The predicted octanol–water partition coefficient (Wildman–Crippen LogP) is 3.38. The SMILES string of the molecule is COc1cc(/C=C2\SC(=S)N(CCc3ccccc3)C2=O)ccc1OCC(=O)N1CCOCC1. The molecule has 2 heterocycles. The second kappa shape index (κ2) is 11.5. The largest absolute Gasteiger partial charge is 0.493 e. The first-order chi connectivity index (χ1) is 16.5. The summed E-state index contributed by atoms with van der Waals surface area (Å²) in [4.78, 5) is 29.2. The van der Waals surface area contributed by atoms with Crippen LogP contribution < -0.4 is 9.47 Å². The fourth-order valence-corrected chi connectivity index (χ4v) is 4.98. The average Bonchev–Trinajstić information content (AvgIpc) is 3.14. The molecule has 2 amide bonds. The molecule has 2 fully saturated rings. The summed E-state index contributed by atoms with van der Waals surface area (Å²) < 4.78 is 17.0. The number of hydrogen-bond donors (Lipinski definition) is 0. The van der Waals surface area contributed by atoms with Crippen LogP contribution >= 0.6 is 24.0 Å². The van der Waals surface area contributed by atoms with Gasteiger partial charge in [0.2, 0.25) is 0 Å². The Morgan fingerprint density at radius 3 is 2.65 bits per heavy atom. The minimum Gasteiger partial charge on any atom is -0.493 e. The van der Waals surface area contributed by atoms with Gasteiger partial charge in [-0.05, 0) is 35.8 Å². The Labute approximate surface area is 208 Å². The smallest absolute Gasteiger partial charge is 0.266 e. The first-order valence-electron chi connectivity index (χ1n) is 11.0. The number of amides is 2. The van der Waals surface area contributed by atoms with Crippen LogP contribution in [0.3, 0.4) is 0 Å². The molecule has 0 aromatic heterocycles. The first-order valence-corrected chi connectivity index (χ1v) is 12.2. The number of morpholine rings is 1. The third kappa shape index (κ3) is 5.97. The summed E-state index contributed by atoms with van der Waals surface area (Å²) in [6.07, 6.45) is 2.54. The highest BCUT2D eigenvalue weighted by Crippen LogP contribution is 2.35. The Morgan fingerprint density at radius 2 is 1.91 bits per heavy atom. The zero-order valence-corrected chi connectivity index (χ0v) is 20.5. The van der Waals surface area contributed by atoms with Gasteiger partial charge in [0.05, 0.1) is 25.2 Å². The lowest BCUT2D eigenvalue weighted by molar-refractivity contribution is -0.137. The molecule has 2 aromatic carbocycles. The molecule has 2 aliphatic heterocycles. The summed E-state index contributed by atoms with van der Waals surface area (Å²) in [6, 6.07) is 15.4. The van der Waals surface area contributed by atoms with Crippen molar-refractivity contribution in [1.29, 1.82) is 0 Å². The van der Waals surface area contributed by atoms with Gasteiger partial charge < -0.3 is 19.1 Å². The van der Waals surface area contributed by atoms with Crippen LogP contribution in [0.25, 0.3) is 6.08 Å². The quantitative estimate of drug-likeness (QED) is 0.408. The van der Waals surface area contributed by atoms with Crippen molar-refractivity contribution in [2.45, 2.75) is 6.42 Å². The summed E-state index contributed by atoms with van der Waals surface area (Å²) >= 11 is 6.74. The van der Waals surface area contributed by atoms with Gasteiger partial charge in [0.25, 0.3) is 11.8 Å². The number of carbonyl (C=O) groups excluding carboxylic acids is 2. The van der Waals surface area contributed by atoms with Gasteiger partial charge in [-0.25, -0.2) is 0 Å². The Hall–Kier alpha value is -2.88. The van der Waals surface area contributed by atoms with Crippen LogP contribution in [0.15, 0.2) is 53.4 Å². The molecule has 0 aliphatic carbocycles. The Kier molecular flexibility index (Phi) is 8.21. The van der Waals surface area contributed by atoms with Gasteiger partial charge >= 0.3 is 0 Å². The Balaban J connectivity index is 1.39. The van der Waals surface area contributed by atoms with E-state index in [0.29, 0.717) is 53.6 Å². The van der Waals surface area contributed by atoms with E-state index < -0.39 is 0 Å². The summed E-state index contributed by atoms with van der Waals surface area (Å²) in [5, 5.41) is 0. The third-order valence-electron chi connectivity index (χ3n) is 5.54. The van der Waals surface area contributed by atoms with Crippen LogP contribution in [0.4, 0.5) is 0 Å². The van der Waals surface area contributed by atoms with Gasteiger partial charge in [-0.15, -0.1) is 0 Å². The third-order valence-corrected chi connectivity index (χ3v) is 6.92. The van der Waals surface area contributed by atoms with Crippen molar-refractivity contribution in [2.75, 3.05) is 46.6 Å². The highest BCUT2D eigenvalue weighted by atomic mass is 32.2. The molecule has 7 nitrogen and oxygen atoms in total. The van der Waals surface area contributed by atoms with Crippen LogP contribution in [0, 0.1) is 0 Å². The number of carbonyl (C=O) groups is 2. The molecule has 0 radical (unpaired) electrons. The predicted molar refractivity (Wildman–Crippen MR) is 136 cm³/mol. The maximum Gasteiger partial charge on any atom is 0.266 e. The van der Waals surface area contributed by atoms with Crippen molar-refractivity contribution < 1.29 is 23.8 Å². The molecular weight excluding hydrogens is 472 g/mol. The lowest BCUT2D eigenvalue weighted by Crippen LogP contribution is -2.43. The van der Waals surface area contributed by atoms with Crippen LogP contribution in [0.1, 0.15) is 11.1 Å². The molecule has 178 valence electrons. The zero-order chi connectivity index (χ0) is 23.9. The topological polar surface area (TPSA) is 68.3 Å². The van der Waals surface area contributed by atoms with E-state index in [9.17, 15) is 9.59 Å². The molecule has 0 spiro atoms. The molecule has 2 saturated heterocycles. The first kappa shape index (κ1) is 24.3. The van der Waals surface area contributed by atoms with E-state index in [1.165, 1.54) is 11.8 Å². The number of ether oxygens (including phenoxy) is 3. The number of thiocarbonyl (C=S) groups is 1. The second-order valence-electron chi connectivity index (χ2n) is 7.76. The number of methoxy groups -OCH3 is 1. The highest BCUT2D eigenvalue weighted by Gasteiger charge is 2.31. The fraction of sp³-hybridized carbons (Fsp3) is 0.320. The van der Waals surface area contributed by atoms with E-state index in [1.807, 2.05) is 36.4 Å². The molecule has 9 heteroatoms. The van der Waals surface area contributed by atoms with Crippen LogP contribution in [-0.4, -0.2) is 72.5 Å². The summed E-state index contributed by atoms with van der Waals surface area (Å²) in [5.41, 5.74) is 1.94. The van der Waals surface area contributed by atoms with Crippen molar-refractivity contribution in [2.24, 2.45) is 0 Å². The molecule has 2 aliphatic rings. The monoisotopic (exact) mass is 498 g/mol. The van der Waals surface area contributed by atoms with Gasteiger partial charge in [-0.2, -0.15) is 0 Å². The lowest BCUT2D eigenvalue weighted by Gasteiger charge is -2.26. The molecule has 0 saturated carbocycles. The van der Waals surface area contributed by atoms with E-state index >= 15 is 0 Å². The number of hydrogen-bond acceptors (Lipinski definition) is 7. The standard InChI is InChI=1S/C25H26N2O5S2/c1-30-21-15-19(7-8-20(21)32-17-23(28)26-11-13-31-14-12-26)16-22-24(29)27(25(33)34-22)10-9-18-5-3-2-4-6-18/h2-8,15-16H,9-14,17H2,1H3/b22-16-. The van der Waals surface area contributed by atoms with E-state index in [2.05, 4.69) is 0 Å². The van der Waals surface area contributed by atoms with Gasteiger partial charge in [-0.3, -0.25) is 14.5 Å². The Morgan fingerprint density at radius 1 is 1.15 bits per heavy atom. The minimum atomic E-state index is -0.0960. The number of rotatable bonds is 8. The van der Waals surface area contributed by atoms with E-state index in [1.54, 1.807) is 35.1 Å². The number of nitrogens with zero attached hydrogens (tertiary/aromatic N) is 2. The molecule has 0 bridgehead atoms. The van der Waals surface area contributed by atoms with Gasteiger partial charge in [0.1, 0.15) is 4.32 Å². The molecule has 34 heavy (non-hydrogen) atoms. The van der Waals surface area contributed by atoms with Crippen molar-refractivity contribution in [1.82, 2.24) is 9.80 Å². The van der Waals surface area contributed by atoms with E-state index in [0.717, 1.165) is 17.5 Å². The van der Waals surface area contributed by atoms with Gasteiger partial charge in [0, 0.05) is 19.6 Å². The molecule has 0 N–H and O–H groups in total. The van der Waals surface area contributed by atoms with Gasteiger partial charge in [-0.1, -0.05) is 60.4 Å². The molecule has 0 atom stereocenters. The lowest BCUT2D eigenvalue weighted by atomic mass is 10.1. The maximum absolute atomic E-state index is 12.9. The summed E-state index contributed by atoms with van der Waals surface area (Å²) in [6.45, 7) is 2.70. The number of benzene rings is 2. The van der Waals surface area contributed by atoms with Crippen molar-refractivity contribution in [3.63, 3.8) is 0 Å². The maximum atomic E-state index is 12.9. The van der Waals surface area contributed by atoms with E-state index in [-0.39, 0.29) is 18.4 Å². The molecular formula is C25H26N2O5S2. The molecule has 0 unspecified atom stereocenters. The second-order valence-corrected chi connectivity index (χ2v) is 9.44. The minimum absolute atomic E-state index is 0.0736. The summed E-state index contributed by atoms with van der Waals surface area (Å²) in [5.74, 6) is 0.773. The Bertz CT molecular complexity index is 1080. The van der Waals surface area contributed by atoms with Crippen molar-refractivity contribution >= 4 is 46.2 Å². The molecule has 2 aromatic rings. The van der Waals surface area contributed by atoms with Crippen LogP contribution in [-0.2, 0) is 20.7 Å². The molecule has 4 rings (SSSR count). The average molecular weight is 499 g/mol. The summed E-state index contributed by atoms with van der Waals surface area (Å²) in [7, 11) is 1.54. The highest BCUT2D eigenvalue weighted by molar-refractivity contribution is 8.26. The van der Waals surface area contributed by atoms with Crippen LogP contribution in [0.5, 0.6) is 11.5 Å². The zero-order valence-electron chi connectivity index (χ0n) is 18.9.